The molecule has 0 saturated carbocycles. The van der Waals surface area contributed by atoms with E-state index >= 15 is 0 Å². The second kappa shape index (κ2) is 10.5. The maximum atomic E-state index is 13.3. The minimum Gasteiger partial charge on any atom is -0.491 e. The van der Waals surface area contributed by atoms with Crippen LogP contribution in [0.1, 0.15) is 50.3 Å². The number of para-hydroxylation sites is 1. The molecule has 1 amide bonds. The van der Waals surface area contributed by atoms with Crippen molar-refractivity contribution in [3.8, 4) is 11.5 Å². The average Bonchev–Trinajstić information content (AvgIpc) is 2.80. The fourth-order valence-electron chi connectivity index (χ4n) is 3.59. The van der Waals surface area contributed by atoms with Crippen molar-refractivity contribution < 1.29 is 28.6 Å². The van der Waals surface area contributed by atoms with Crippen molar-refractivity contribution in [1.82, 2.24) is 4.90 Å². The van der Waals surface area contributed by atoms with Crippen molar-refractivity contribution in [2.24, 2.45) is 0 Å². The van der Waals surface area contributed by atoms with Crippen molar-refractivity contribution in [3.63, 3.8) is 0 Å². The van der Waals surface area contributed by atoms with Gasteiger partial charge in [-0.05, 0) is 43.5 Å². The summed E-state index contributed by atoms with van der Waals surface area (Å²) in [5.41, 5.74) is 0.965. The lowest BCUT2D eigenvalue weighted by Gasteiger charge is -2.36. The lowest BCUT2D eigenvalue weighted by Crippen LogP contribution is -2.47. The minimum absolute atomic E-state index is 0.0190. The Balaban J connectivity index is 1.79. The Morgan fingerprint density at radius 2 is 1.83 bits per heavy atom. The zero-order valence-corrected chi connectivity index (χ0v) is 16.9. The average molecular weight is 411 g/mol. The zero-order chi connectivity index (χ0) is 21.3. The molecule has 2 aromatic rings. The third kappa shape index (κ3) is 4.86. The van der Waals surface area contributed by atoms with E-state index in [1.165, 1.54) is 7.11 Å². The normalized spacial score (nSPS) is 16.0. The number of amides is 1. The van der Waals surface area contributed by atoms with Gasteiger partial charge in [0, 0.05) is 13.7 Å². The maximum Gasteiger partial charge on any atom is 0.255 e. The highest BCUT2D eigenvalue weighted by molar-refractivity contribution is 6.03. The van der Waals surface area contributed by atoms with E-state index in [0.717, 1.165) is 25.5 Å². The molecule has 3 rings (SSSR count). The van der Waals surface area contributed by atoms with Crippen LogP contribution in [0, 0.1) is 0 Å². The van der Waals surface area contributed by atoms with Crippen molar-refractivity contribution in [2.45, 2.75) is 25.3 Å². The van der Waals surface area contributed by atoms with Crippen LogP contribution in [0.5, 0.6) is 11.5 Å². The number of rotatable bonds is 9. The summed E-state index contributed by atoms with van der Waals surface area (Å²) in [6.45, 7) is 0.825. The molecule has 0 N–H and O–H groups in total. The number of likely N-dealkylation sites (tertiary alicyclic amines) is 1. The summed E-state index contributed by atoms with van der Waals surface area (Å²) in [6, 6.07) is 11.8. The van der Waals surface area contributed by atoms with E-state index in [9.17, 15) is 14.4 Å². The molecule has 1 heterocycles. The van der Waals surface area contributed by atoms with Gasteiger partial charge in [0.05, 0.1) is 22.7 Å². The zero-order valence-electron chi connectivity index (χ0n) is 16.9. The number of carbonyl (C=O) groups is 3. The van der Waals surface area contributed by atoms with Crippen LogP contribution in [0.3, 0.4) is 0 Å². The van der Waals surface area contributed by atoms with Crippen LogP contribution in [0.25, 0.3) is 0 Å². The third-order valence-corrected chi connectivity index (χ3v) is 5.11. The number of benzene rings is 2. The molecule has 7 heteroatoms. The highest BCUT2D eigenvalue weighted by atomic mass is 16.7. The Labute approximate surface area is 175 Å². The van der Waals surface area contributed by atoms with Crippen molar-refractivity contribution in [3.05, 3.63) is 59.2 Å². The van der Waals surface area contributed by atoms with Gasteiger partial charge < -0.3 is 19.1 Å². The van der Waals surface area contributed by atoms with E-state index in [0.29, 0.717) is 35.5 Å². The fraction of sp³-hybridized carbons (Fsp3) is 0.348. The Bertz CT molecular complexity index is 897. The monoisotopic (exact) mass is 411 g/mol. The van der Waals surface area contributed by atoms with Crippen LogP contribution in [0.4, 0.5) is 0 Å². The van der Waals surface area contributed by atoms with Gasteiger partial charge in [-0.1, -0.05) is 18.2 Å². The van der Waals surface area contributed by atoms with Crippen molar-refractivity contribution >= 4 is 18.5 Å². The van der Waals surface area contributed by atoms with Crippen LogP contribution in [0.2, 0.25) is 0 Å². The van der Waals surface area contributed by atoms with E-state index in [-0.39, 0.29) is 30.9 Å². The number of methoxy groups -OCH3 is 1. The van der Waals surface area contributed by atoms with Crippen LogP contribution in [0.15, 0.2) is 42.5 Å². The molecule has 0 unspecified atom stereocenters. The number of hydrogen-bond acceptors (Lipinski definition) is 6. The molecular weight excluding hydrogens is 386 g/mol. The first-order valence-electron chi connectivity index (χ1n) is 9.87. The van der Waals surface area contributed by atoms with Gasteiger partial charge in [-0.2, -0.15) is 0 Å². The molecule has 0 radical (unpaired) electrons. The Morgan fingerprint density at radius 3 is 2.60 bits per heavy atom. The highest BCUT2D eigenvalue weighted by Gasteiger charge is 2.30. The van der Waals surface area contributed by atoms with Gasteiger partial charge >= 0.3 is 0 Å². The van der Waals surface area contributed by atoms with E-state index in [2.05, 4.69) is 0 Å². The van der Waals surface area contributed by atoms with Crippen LogP contribution in [-0.2, 0) is 4.74 Å². The Morgan fingerprint density at radius 1 is 1.03 bits per heavy atom. The van der Waals surface area contributed by atoms with E-state index in [1.807, 2.05) is 0 Å². The molecule has 1 aliphatic heterocycles. The predicted molar refractivity (Wildman–Crippen MR) is 110 cm³/mol. The minimum atomic E-state index is -0.239. The van der Waals surface area contributed by atoms with E-state index in [4.69, 9.17) is 14.2 Å². The number of aldehydes is 2. The predicted octanol–water partition coefficient (Wildman–Crippen LogP) is 3.37. The van der Waals surface area contributed by atoms with Gasteiger partial charge in [-0.3, -0.25) is 14.4 Å². The third-order valence-electron chi connectivity index (χ3n) is 5.11. The fourth-order valence-corrected chi connectivity index (χ4v) is 3.59. The summed E-state index contributed by atoms with van der Waals surface area (Å²) in [5.74, 6) is 0.563. The van der Waals surface area contributed by atoms with Gasteiger partial charge in [0.25, 0.3) is 5.91 Å². The van der Waals surface area contributed by atoms with Crippen LogP contribution < -0.4 is 9.47 Å². The molecule has 0 spiro atoms. The molecule has 1 atom stereocenters. The standard InChI is InChI=1S/C23H25NO6/c1-28-16-30-22-11-6-9-19(20(22)14-26)23(27)24-12-5-4-8-18(24)15-29-21-10-3-2-7-17(21)13-25/h2-3,6-7,9-11,13-14,18H,4-5,8,12,15-16H2,1H3/t18-/m0/s1. The molecule has 1 aliphatic rings. The summed E-state index contributed by atoms with van der Waals surface area (Å²) in [4.78, 5) is 38.0. The molecular formula is C23H25NO6. The first kappa shape index (κ1) is 21.5. The van der Waals surface area contributed by atoms with E-state index in [1.54, 1.807) is 47.4 Å². The quantitative estimate of drug-likeness (QED) is 0.465. The molecule has 0 aromatic heterocycles. The van der Waals surface area contributed by atoms with Crippen molar-refractivity contribution in [2.75, 3.05) is 27.1 Å². The second-order valence-corrected chi connectivity index (χ2v) is 7.00. The molecule has 0 bridgehead atoms. The molecule has 0 aliphatic carbocycles. The van der Waals surface area contributed by atoms with Gasteiger partial charge in [0.1, 0.15) is 18.1 Å². The molecule has 158 valence electrons. The summed E-state index contributed by atoms with van der Waals surface area (Å²) in [7, 11) is 1.48. The number of carbonyl (C=O) groups excluding carboxylic acids is 3. The van der Waals surface area contributed by atoms with Gasteiger partial charge in [0.15, 0.2) is 19.4 Å². The summed E-state index contributed by atoms with van der Waals surface area (Å²) in [6.07, 6.45) is 4.02. The molecule has 2 aromatic carbocycles. The summed E-state index contributed by atoms with van der Waals surface area (Å²) < 4.78 is 16.2. The first-order chi connectivity index (χ1) is 14.7. The van der Waals surface area contributed by atoms with Crippen molar-refractivity contribution in [1.29, 1.82) is 0 Å². The Kier molecular flexibility index (Phi) is 7.57. The first-order valence-corrected chi connectivity index (χ1v) is 9.87. The Hall–Kier alpha value is -3.19. The lowest BCUT2D eigenvalue weighted by molar-refractivity contribution is 0.0486. The number of ether oxygens (including phenoxy) is 3. The highest BCUT2D eigenvalue weighted by Crippen LogP contribution is 2.26. The van der Waals surface area contributed by atoms with Crippen LogP contribution >= 0.6 is 0 Å². The van der Waals surface area contributed by atoms with E-state index < -0.39 is 0 Å². The topological polar surface area (TPSA) is 82.1 Å². The molecule has 1 saturated heterocycles. The summed E-state index contributed by atoms with van der Waals surface area (Å²) in [5, 5.41) is 0. The largest absolute Gasteiger partial charge is 0.491 e. The number of nitrogens with zero attached hydrogens (tertiary/aromatic N) is 1. The lowest BCUT2D eigenvalue weighted by atomic mass is 9.99. The van der Waals surface area contributed by atoms with Gasteiger partial charge in [-0.15, -0.1) is 0 Å². The van der Waals surface area contributed by atoms with Gasteiger partial charge in [-0.25, -0.2) is 0 Å². The molecule has 7 nitrogen and oxygen atoms in total. The summed E-state index contributed by atoms with van der Waals surface area (Å²) >= 11 is 0. The molecule has 1 fully saturated rings. The van der Waals surface area contributed by atoms with Crippen LogP contribution in [-0.4, -0.2) is 56.5 Å². The number of hydrogen-bond donors (Lipinski definition) is 0. The SMILES string of the molecule is COCOc1cccc(C(=O)N2CCCC[C@H]2COc2ccccc2C=O)c1C=O. The molecule has 30 heavy (non-hydrogen) atoms. The van der Waals surface area contributed by atoms with Gasteiger partial charge in [0.2, 0.25) is 0 Å². The second-order valence-electron chi connectivity index (χ2n) is 7.00. The maximum absolute atomic E-state index is 13.3. The smallest absolute Gasteiger partial charge is 0.255 e. The number of piperidine rings is 1.